The predicted molar refractivity (Wildman–Crippen MR) is 145 cm³/mol. The molecule has 0 aliphatic rings. The van der Waals surface area contributed by atoms with Crippen LogP contribution < -0.4 is 16.0 Å². The van der Waals surface area contributed by atoms with Crippen molar-refractivity contribution >= 4 is 29.7 Å². The van der Waals surface area contributed by atoms with Crippen molar-refractivity contribution in [2.45, 2.75) is 41.5 Å². The first-order valence-electron chi connectivity index (χ1n) is 11.9. The zero-order valence-corrected chi connectivity index (χ0v) is 21.6. The van der Waals surface area contributed by atoms with E-state index in [-0.39, 0.29) is 11.8 Å². The fourth-order valence-corrected chi connectivity index (χ4v) is 3.22. The average Bonchev–Trinajstić information content (AvgIpc) is 3.30. The maximum atomic E-state index is 13.2. The predicted octanol–water partition coefficient (Wildman–Crippen LogP) is 5.42. The Morgan fingerprint density at radius 2 is 1.83 bits per heavy atom. The second kappa shape index (κ2) is 14.1. The molecule has 3 rings (SSSR count). The van der Waals surface area contributed by atoms with Crippen molar-refractivity contribution in [3.8, 4) is 5.69 Å². The molecule has 2 amide bonds. The van der Waals surface area contributed by atoms with Crippen molar-refractivity contribution in [2.75, 3.05) is 17.2 Å². The number of nitrogens with one attached hydrogen (secondary N) is 3. The number of hydrogen-bond donors (Lipinski definition) is 3. The number of hydrogen-bond acceptors (Lipinski definition) is 6. The minimum atomic E-state index is -0.385. The van der Waals surface area contributed by atoms with E-state index in [9.17, 15) is 9.59 Å². The Labute approximate surface area is 212 Å². The number of para-hydroxylation sites is 1. The SMILES string of the molecule is C/C=C\O/N=C/NC(=O)c1ccc(C)c(NC(=O)c2cnn(-c3ccccc3C)c2NCC)c1.CC. The zero-order valence-electron chi connectivity index (χ0n) is 21.6. The van der Waals surface area contributed by atoms with E-state index in [2.05, 4.69) is 26.2 Å². The molecule has 1 aromatic heterocycles. The Hall–Kier alpha value is -4.40. The summed E-state index contributed by atoms with van der Waals surface area (Å²) in [7, 11) is 0. The first-order chi connectivity index (χ1) is 17.5. The summed E-state index contributed by atoms with van der Waals surface area (Å²) in [5.41, 5.74) is 4.00. The third-order valence-electron chi connectivity index (χ3n) is 4.96. The molecule has 1 heterocycles. The van der Waals surface area contributed by atoms with Gasteiger partial charge in [-0.25, -0.2) is 4.68 Å². The van der Waals surface area contributed by atoms with E-state index in [0.29, 0.717) is 29.2 Å². The van der Waals surface area contributed by atoms with Gasteiger partial charge in [-0.05, 0) is 63.1 Å². The van der Waals surface area contributed by atoms with Gasteiger partial charge in [0.15, 0.2) is 0 Å². The third kappa shape index (κ3) is 7.05. The summed E-state index contributed by atoms with van der Waals surface area (Å²) >= 11 is 0. The molecule has 2 aromatic carbocycles. The Morgan fingerprint density at radius 1 is 1.08 bits per heavy atom. The highest BCUT2D eigenvalue weighted by Crippen LogP contribution is 2.24. The van der Waals surface area contributed by atoms with Gasteiger partial charge in [0, 0.05) is 17.8 Å². The summed E-state index contributed by atoms with van der Waals surface area (Å²) in [5, 5.41) is 16.7. The van der Waals surface area contributed by atoms with E-state index in [1.165, 1.54) is 12.5 Å². The van der Waals surface area contributed by atoms with Crippen molar-refractivity contribution in [1.29, 1.82) is 0 Å². The molecular weight excluding hydrogens is 456 g/mol. The van der Waals surface area contributed by atoms with Crippen LogP contribution in [-0.2, 0) is 4.84 Å². The third-order valence-corrected chi connectivity index (χ3v) is 4.96. The van der Waals surface area contributed by atoms with Crippen LogP contribution in [0.3, 0.4) is 0 Å². The molecule has 0 aliphatic heterocycles. The number of oxime groups is 1. The van der Waals surface area contributed by atoms with Crippen LogP contribution in [0.1, 0.15) is 59.5 Å². The molecule has 9 nitrogen and oxygen atoms in total. The van der Waals surface area contributed by atoms with Gasteiger partial charge in [-0.15, -0.1) is 0 Å². The Morgan fingerprint density at radius 3 is 2.53 bits per heavy atom. The van der Waals surface area contributed by atoms with Crippen LogP contribution in [0.4, 0.5) is 11.5 Å². The number of carbonyl (C=O) groups excluding carboxylic acids is 2. The van der Waals surface area contributed by atoms with Gasteiger partial charge in [-0.3, -0.25) is 9.59 Å². The van der Waals surface area contributed by atoms with Crippen molar-refractivity contribution in [3.63, 3.8) is 0 Å². The second-order valence-electron chi connectivity index (χ2n) is 7.40. The molecule has 0 bridgehead atoms. The number of amides is 2. The monoisotopic (exact) mass is 490 g/mol. The van der Waals surface area contributed by atoms with Crippen LogP contribution in [0.2, 0.25) is 0 Å². The lowest BCUT2D eigenvalue weighted by molar-refractivity contribution is 0.0974. The lowest BCUT2D eigenvalue weighted by atomic mass is 10.1. The normalized spacial score (nSPS) is 10.6. The van der Waals surface area contributed by atoms with E-state index in [1.54, 1.807) is 35.9 Å². The van der Waals surface area contributed by atoms with Gasteiger partial charge in [-0.2, -0.15) is 5.10 Å². The quantitative estimate of drug-likeness (QED) is 0.161. The summed E-state index contributed by atoms with van der Waals surface area (Å²) < 4.78 is 1.72. The Kier molecular flexibility index (Phi) is 10.9. The molecular formula is C27H34N6O3. The smallest absolute Gasteiger partial charge is 0.261 e. The van der Waals surface area contributed by atoms with E-state index in [4.69, 9.17) is 4.84 Å². The van der Waals surface area contributed by atoms with E-state index in [1.807, 2.05) is 58.9 Å². The van der Waals surface area contributed by atoms with E-state index in [0.717, 1.165) is 23.2 Å². The molecule has 0 unspecified atom stereocenters. The number of aryl methyl sites for hydroxylation is 2. The first-order valence-corrected chi connectivity index (χ1v) is 11.9. The fraction of sp³-hybridized carbons (Fsp3) is 0.259. The molecule has 36 heavy (non-hydrogen) atoms. The largest absolute Gasteiger partial charge is 0.370 e. The van der Waals surface area contributed by atoms with Gasteiger partial charge in [0.1, 0.15) is 24.0 Å². The van der Waals surface area contributed by atoms with Crippen LogP contribution in [0.25, 0.3) is 5.69 Å². The highest BCUT2D eigenvalue weighted by atomic mass is 16.6. The number of benzene rings is 2. The van der Waals surface area contributed by atoms with Crippen molar-refractivity contribution in [1.82, 2.24) is 15.1 Å². The Bertz CT molecular complexity index is 1230. The number of carbonyl (C=O) groups is 2. The summed E-state index contributed by atoms with van der Waals surface area (Å²) in [6.45, 7) is 12.2. The van der Waals surface area contributed by atoms with Crippen LogP contribution in [0.5, 0.6) is 0 Å². The van der Waals surface area contributed by atoms with Gasteiger partial charge < -0.3 is 20.8 Å². The highest BCUT2D eigenvalue weighted by molar-refractivity contribution is 6.09. The van der Waals surface area contributed by atoms with Gasteiger partial charge in [-0.1, -0.05) is 43.3 Å². The summed E-state index contributed by atoms with van der Waals surface area (Å²) in [6.07, 6.45) is 5.74. The maximum absolute atomic E-state index is 13.2. The lowest BCUT2D eigenvalue weighted by Gasteiger charge is -2.13. The molecule has 0 aliphatic carbocycles. The summed E-state index contributed by atoms with van der Waals surface area (Å²) in [4.78, 5) is 30.4. The zero-order chi connectivity index (χ0) is 26.5. The van der Waals surface area contributed by atoms with Crippen LogP contribution in [0, 0.1) is 13.8 Å². The standard InChI is InChI=1S/C25H28N6O3.C2H6/c1-5-13-34-29-16-27-24(32)19-12-11-17(3)21(14-19)30-25(33)20-15-28-31(23(20)26-6-2)22-10-8-7-9-18(22)4;1-2/h5,7-16,26H,6H2,1-4H3,(H,30,33)(H,27,29,32);1-2H3/b13-5-;. The maximum Gasteiger partial charge on any atom is 0.261 e. The first kappa shape index (κ1) is 27.8. The molecule has 0 saturated carbocycles. The molecule has 3 aromatic rings. The van der Waals surface area contributed by atoms with Gasteiger partial charge in [0.2, 0.25) is 0 Å². The molecule has 0 saturated heterocycles. The molecule has 0 radical (unpaired) electrons. The molecule has 9 heteroatoms. The molecule has 0 fully saturated rings. The Balaban J connectivity index is 0.00000222. The highest BCUT2D eigenvalue weighted by Gasteiger charge is 2.20. The van der Waals surface area contributed by atoms with Crippen molar-refractivity contribution < 1.29 is 14.4 Å². The second-order valence-corrected chi connectivity index (χ2v) is 7.40. The molecule has 0 atom stereocenters. The number of nitrogens with zero attached hydrogens (tertiary/aromatic N) is 3. The minimum absolute atomic E-state index is 0.335. The van der Waals surface area contributed by atoms with Crippen LogP contribution in [-0.4, -0.2) is 34.5 Å². The fourth-order valence-electron chi connectivity index (χ4n) is 3.22. The summed E-state index contributed by atoms with van der Waals surface area (Å²) in [5.74, 6) is -0.125. The van der Waals surface area contributed by atoms with Gasteiger partial charge in [0.25, 0.3) is 11.8 Å². The van der Waals surface area contributed by atoms with Crippen molar-refractivity contribution in [2.24, 2.45) is 5.16 Å². The average molecular weight is 491 g/mol. The van der Waals surface area contributed by atoms with Crippen molar-refractivity contribution in [3.05, 3.63) is 83.3 Å². The van der Waals surface area contributed by atoms with E-state index >= 15 is 0 Å². The topological polar surface area (TPSA) is 110 Å². The van der Waals surface area contributed by atoms with Gasteiger partial charge in [0.05, 0.1) is 11.9 Å². The number of allylic oxidation sites excluding steroid dienone is 1. The van der Waals surface area contributed by atoms with Crippen LogP contribution in [0.15, 0.2) is 66.2 Å². The van der Waals surface area contributed by atoms with E-state index < -0.39 is 0 Å². The minimum Gasteiger partial charge on any atom is -0.370 e. The molecule has 3 N–H and O–H groups in total. The summed E-state index contributed by atoms with van der Waals surface area (Å²) in [6, 6.07) is 12.9. The molecule has 190 valence electrons. The number of anilines is 2. The van der Waals surface area contributed by atoms with Gasteiger partial charge >= 0.3 is 0 Å². The lowest BCUT2D eigenvalue weighted by Crippen LogP contribution is -2.22. The number of aromatic nitrogens is 2. The number of rotatable bonds is 9. The van der Waals surface area contributed by atoms with Crippen LogP contribution >= 0.6 is 0 Å². The molecule has 0 spiro atoms.